The third kappa shape index (κ3) is 6.47. The summed E-state index contributed by atoms with van der Waals surface area (Å²) in [6.45, 7) is 9.65. The Morgan fingerprint density at radius 1 is 1.23 bits per heavy atom. The highest BCUT2D eigenvalue weighted by Gasteiger charge is 2.28. The second-order valence-electron chi connectivity index (χ2n) is 10.8. The molecule has 1 aliphatic heterocycles. The van der Waals surface area contributed by atoms with Crippen molar-refractivity contribution in [1.82, 2.24) is 19.8 Å². The molecule has 192 valence electrons. The van der Waals surface area contributed by atoms with Gasteiger partial charge in [0.05, 0.1) is 17.9 Å². The van der Waals surface area contributed by atoms with Gasteiger partial charge < -0.3 is 20.1 Å². The van der Waals surface area contributed by atoms with Crippen LogP contribution in [0.15, 0.2) is 24.7 Å². The van der Waals surface area contributed by atoms with Gasteiger partial charge in [0.1, 0.15) is 11.6 Å². The van der Waals surface area contributed by atoms with Crippen molar-refractivity contribution in [1.29, 1.82) is 0 Å². The number of rotatable bonds is 9. The molecule has 1 aromatic carbocycles. The SMILES string of the molecule is CCC[C@H](N[C@H]1CCc2cc(F)cc(F)c2C1)C(=O)Nc1cn(C(C)(C)CN2CCCCC2)cn1. The Labute approximate surface area is 207 Å². The highest BCUT2D eigenvalue weighted by molar-refractivity contribution is 5.94. The number of piperidine rings is 1. The predicted octanol–water partition coefficient (Wildman–Crippen LogP) is 4.64. The van der Waals surface area contributed by atoms with Gasteiger partial charge in [0.2, 0.25) is 5.91 Å². The number of amides is 1. The van der Waals surface area contributed by atoms with Gasteiger partial charge >= 0.3 is 0 Å². The number of aromatic nitrogens is 2. The van der Waals surface area contributed by atoms with E-state index in [0.29, 0.717) is 30.6 Å². The van der Waals surface area contributed by atoms with Gasteiger partial charge in [-0.3, -0.25) is 4.79 Å². The van der Waals surface area contributed by atoms with Crippen LogP contribution in [0.2, 0.25) is 0 Å². The van der Waals surface area contributed by atoms with Gasteiger partial charge in [0.25, 0.3) is 0 Å². The highest BCUT2D eigenvalue weighted by atomic mass is 19.1. The second-order valence-corrected chi connectivity index (χ2v) is 10.8. The van der Waals surface area contributed by atoms with Crippen molar-refractivity contribution < 1.29 is 13.6 Å². The Bertz CT molecular complexity index is 1010. The summed E-state index contributed by atoms with van der Waals surface area (Å²) in [5, 5.41) is 6.42. The number of nitrogens with zero attached hydrogens (tertiary/aromatic N) is 3. The molecule has 2 atom stereocenters. The minimum Gasteiger partial charge on any atom is -0.328 e. The molecular formula is C27H39F2N5O. The summed E-state index contributed by atoms with van der Waals surface area (Å²) in [5.74, 6) is -0.619. The number of imidazole rings is 1. The summed E-state index contributed by atoms with van der Waals surface area (Å²) in [4.78, 5) is 20.1. The van der Waals surface area contributed by atoms with Crippen LogP contribution in [0.5, 0.6) is 0 Å². The Kier molecular flexibility index (Phi) is 8.22. The molecule has 0 unspecified atom stereocenters. The highest BCUT2D eigenvalue weighted by Crippen LogP contribution is 2.26. The predicted molar refractivity (Wildman–Crippen MR) is 134 cm³/mol. The smallest absolute Gasteiger partial charge is 0.242 e. The van der Waals surface area contributed by atoms with E-state index >= 15 is 0 Å². The van der Waals surface area contributed by atoms with Crippen molar-refractivity contribution in [3.8, 4) is 0 Å². The Hall–Kier alpha value is -2.32. The van der Waals surface area contributed by atoms with Crippen LogP contribution in [0, 0.1) is 11.6 Å². The second kappa shape index (κ2) is 11.2. The molecule has 2 aromatic rings. The van der Waals surface area contributed by atoms with E-state index in [1.54, 1.807) is 6.33 Å². The van der Waals surface area contributed by atoms with E-state index in [-0.39, 0.29) is 17.5 Å². The number of benzene rings is 1. The monoisotopic (exact) mass is 487 g/mol. The van der Waals surface area contributed by atoms with Crippen LogP contribution in [0.4, 0.5) is 14.6 Å². The van der Waals surface area contributed by atoms with Crippen LogP contribution >= 0.6 is 0 Å². The molecule has 2 heterocycles. The molecule has 8 heteroatoms. The van der Waals surface area contributed by atoms with Crippen LogP contribution < -0.4 is 10.6 Å². The lowest BCUT2D eigenvalue weighted by molar-refractivity contribution is -0.118. The first-order valence-corrected chi connectivity index (χ1v) is 13.1. The van der Waals surface area contributed by atoms with Gasteiger partial charge in [-0.05, 0) is 82.7 Å². The standard InChI is InChI=1S/C27H39F2N5O/c1-4-8-24(31-21-10-9-19-13-20(28)14-23(29)22(19)15-21)26(35)32-25-16-34(18-30-25)27(2,3)17-33-11-6-5-7-12-33/h13-14,16,18,21,24,31H,4-12,15,17H2,1-3H3,(H,32,35)/t21-,24-/m0/s1. The van der Waals surface area contributed by atoms with Crippen molar-refractivity contribution in [2.75, 3.05) is 25.0 Å². The van der Waals surface area contributed by atoms with Crippen molar-refractivity contribution >= 4 is 11.7 Å². The molecule has 2 aliphatic rings. The molecule has 1 fully saturated rings. The van der Waals surface area contributed by atoms with Gasteiger partial charge in [-0.2, -0.15) is 0 Å². The van der Waals surface area contributed by atoms with Crippen LogP contribution in [0.25, 0.3) is 0 Å². The van der Waals surface area contributed by atoms with Crippen LogP contribution in [0.3, 0.4) is 0 Å². The summed E-state index contributed by atoms with van der Waals surface area (Å²) in [6.07, 6.45) is 10.8. The normalized spacial score (nSPS) is 19.9. The first kappa shape index (κ1) is 25.8. The number of fused-ring (bicyclic) bond motifs is 1. The summed E-state index contributed by atoms with van der Waals surface area (Å²) in [6, 6.07) is 1.93. The Morgan fingerprint density at radius 2 is 2.00 bits per heavy atom. The van der Waals surface area contributed by atoms with E-state index < -0.39 is 17.7 Å². The maximum atomic E-state index is 14.3. The van der Waals surface area contributed by atoms with Gasteiger partial charge in [-0.15, -0.1) is 0 Å². The average molecular weight is 488 g/mol. The van der Waals surface area contributed by atoms with Gasteiger partial charge in [-0.25, -0.2) is 13.8 Å². The first-order valence-electron chi connectivity index (χ1n) is 13.1. The zero-order chi connectivity index (χ0) is 25.0. The summed E-state index contributed by atoms with van der Waals surface area (Å²) in [7, 11) is 0. The minimum absolute atomic E-state index is 0.0363. The van der Waals surface area contributed by atoms with E-state index in [0.717, 1.165) is 44.1 Å². The minimum atomic E-state index is -0.533. The maximum absolute atomic E-state index is 14.3. The Morgan fingerprint density at radius 3 is 2.74 bits per heavy atom. The zero-order valence-electron chi connectivity index (χ0n) is 21.2. The summed E-state index contributed by atoms with van der Waals surface area (Å²) < 4.78 is 30.0. The molecule has 2 N–H and O–H groups in total. The number of hydrogen-bond acceptors (Lipinski definition) is 4. The lowest BCUT2D eigenvalue weighted by Gasteiger charge is -2.35. The van der Waals surface area contributed by atoms with Gasteiger partial charge in [-0.1, -0.05) is 19.8 Å². The number of hydrogen-bond donors (Lipinski definition) is 2. The fraction of sp³-hybridized carbons (Fsp3) is 0.630. The van der Waals surface area contributed by atoms with Crippen LogP contribution in [-0.2, 0) is 23.2 Å². The number of halogens is 2. The molecule has 1 aliphatic carbocycles. The first-order chi connectivity index (χ1) is 16.7. The van der Waals surface area contributed by atoms with Crippen molar-refractivity contribution in [3.63, 3.8) is 0 Å². The maximum Gasteiger partial charge on any atom is 0.242 e. The van der Waals surface area contributed by atoms with E-state index in [1.165, 1.54) is 25.3 Å². The number of aryl methyl sites for hydroxylation is 1. The van der Waals surface area contributed by atoms with Crippen molar-refractivity contribution in [3.05, 3.63) is 47.4 Å². The summed E-state index contributed by atoms with van der Waals surface area (Å²) in [5.41, 5.74) is 1.16. The molecule has 0 spiro atoms. The molecule has 1 amide bonds. The largest absolute Gasteiger partial charge is 0.328 e. The number of anilines is 1. The van der Waals surface area contributed by atoms with Crippen LogP contribution in [-0.4, -0.2) is 52.1 Å². The summed E-state index contributed by atoms with van der Waals surface area (Å²) >= 11 is 0. The van der Waals surface area contributed by atoms with E-state index in [9.17, 15) is 13.6 Å². The lowest BCUT2D eigenvalue weighted by Crippen LogP contribution is -2.48. The zero-order valence-corrected chi connectivity index (χ0v) is 21.2. The van der Waals surface area contributed by atoms with Crippen LogP contribution in [0.1, 0.15) is 70.4 Å². The average Bonchev–Trinajstić information content (AvgIpc) is 3.29. The molecular weight excluding hydrogens is 448 g/mol. The van der Waals surface area contributed by atoms with Crippen molar-refractivity contribution in [2.24, 2.45) is 0 Å². The molecule has 4 rings (SSSR count). The topological polar surface area (TPSA) is 62.2 Å². The third-order valence-corrected chi connectivity index (χ3v) is 7.39. The number of carbonyl (C=O) groups is 1. The molecule has 0 saturated carbocycles. The van der Waals surface area contributed by atoms with Crippen molar-refractivity contribution in [2.45, 2.75) is 89.8 Å². The van der Waals surface area contributed by atoms with Gasteiger partial charge in [0, 0.05) is 24.8 Å². The van der Waals surface area contributed by atoms with Gasteiger partial charge in [0.15, 0.2) is 5.82 Å². The number of nitrogens with one attached hydrogen (secondary N) is 2. The van der Waals surface area contributed by atoms with E-state index in [1.807, 2.05) is 13.1 Å². The molecule has 1 aromatic heterocycles. The van der Waals surface area contributed by atoms with E-state index in [4.69, 9.17) is 0 Å². The quantitative estimate of drug-likeness (QED) is 0.541. The molecule has 6 nitrogen and oxygen atoms in total. The molecule has 35 heavy (non-hydrogen) atoms. The number of likely N-dealkylation sites (tertiary alicyclic amines) is 1. The Balaban J connectivity index is 1.37. The fourth-order valence-electron chi connectivity index (χ4n) is 5.47. The fourth-order valence-corrected chi connectivity index (χ4v) is 5.47. The lowest BCUT2D eigenvalue weighted by atomic mass is 9.87. The third-order valence-electron chi connectivity index (χ3n) is 7.39. The van der Waals surface area contributed by atoms with E-state index in [2.05, 4.69) is 38.9 Å². The number of carbonyl (C=O) groups excluding carboxylic acids is 1. The molecule has 0 bridgehead atoms. The molecule has 0 radical (unpaired) electrons. The molecule has 1 saturated heterocycles.